The summed E-state index contributed by atoms with van der Waals surface area (Å²) in [6.07, 6.45) is 1.37. The molecule has 0 spiro atoms. The molecule has 0 saturated carbocycles. The first-order chi connectivity index (χ1) is 13.8. The number of benzene rings is 1. The van der Waals surface area contributed by atoms with Gasteiger partial charge in [0, 0.05) is 25.9 Å². The van der Waals surface area contributed by atoms with Gasteiger partial charge in [0.25, 0.3) is 22.2 Å². The van der Waals surface area contributed by atoms with Gasteiger partial charge in [0.2, 0.25) is 0 Å². The van der Waals surface area contributed by atoms with Crippen molar-refractivity contribution in [3.05, 3.63) is 53.5 Å². The highest BCUT2D eigenvalue weighted by atomic mass is 16.2. The van der Waals surface area contributed by atoms with Gasteiger partial charge in [-0.2, -0.15) is 0 Å². The number of hydrogen-bond acceptors (Lipinski definition) is 4. The molecule has 0 fully saturated rings. The molecule has 0 aliphatic rings. The lowest BCUT2D eigenvalue weighted by molar-refractivity contribution is -0.870. The highest BCUT2D eigenvalue weighted by Gasteiger charge is 2.20. The first kappa shape index (κ1) is 22.1. The van der Waals surface area contributed by atoms with Gasteiger partial charge in [0.05, 0.1) is 76.9 Å². The van der Waals surface area contributed by atoms with Crippen molar-refractivity contribution in [3.63, 3.8) is 0 Å². The zero-order chi connectivity index (χ0) is 22.4. The molecule has 0 aliphatic heterocycles. The normalized spacial score (nSPS) is 13.0. The molecule has 8 nitrogen and oxygen atoms in total. The van der Waals surface area contributed by atoms with Gasteiger partial charge in [0.1, 0.15) is 0 Å². The van der Waals surface area contributed by atoms with Crippen LogP contribution in [-0.4, -0.2) is 73.5 Å². The Kier molecular flexibility index (Phi) is 5.60. The second-order valence-electron chi connectivity index (χ2n) is 10.2. The van der Waals surface area contributed by atoms with E-state index >= 15 is 0 Å². The van der Waals surface area contributed by atoms with Crippen LogP contribution in [0.25, 0.3) is 21.5 Å². The summed E-state index contributed by atoms with van der Waals surface area (Å²) >= 11 is 0. The van der Waals surface area contributed by atoms with Crippen LogP contribution in [0.3, 0.4) is 0 Å². The Morgan fingerprint density at radius 2 is 0.833 bits per heavy atom. The molecule has 2 aromatic heterocycles. The van der Waals surface area contributed by atoms with Crippen molar-refractivity contribution in [1.82, 2.24) is 9.13 Å². The SMILES string of the molecule is C[N+](C)(C)CCCn1c(=O)c2cc3c(=O)n(CCC[N+](C)(C)C)c(=O)c3cc2c1=O. The van der Waals surface area contributed by atoms with Gasteiger partial charge in [-0.1, -0.05) is 0 Å². The van der Waals surface area contributed by atoms with E-state index < -0.39 is 0 Å². The largest absolute Gasteiger partial charge is 0.331 e. The van der Waals surface area contributed by atoms with E-state index in [-0.39, 0.29) is 43.8 Å². The third-order valence-electron chi connectivity index (χ3n) is 5.48. The number of nitrogens with zero attached hydrogens (tertiary/aromatic N) is 4. The first-order valence-electron chi connectivity index (χ1n) is 10.3. The minimum atomic E-state index is -0.386. The molecule has 0 amide bonds. The molecule has 162 valence electrons. The summed E-state index contributed by atoms with van der Waals surface area (Å²) in [6, 6.07) is 2.87. The Bertz CT molecular complexity index is 1120. The van der Waals surface area contributed by atoms with Crippen molar-refractivity contribution in [2.45, 2.75) is 25.9 Å². The number of fused-ring (bicyclic) bond motifs is 2. The summed E-state index contributed by atoms with van der Waals surface area (Å²) in [5.74, 6) is 0. The van der Waals surface area contributed by atoms with Gasteiger partial charge in [-0.05, 0) is 12.1 Å². The second kappa shape index (κ2) is 7.59. The maximum atomic E-state index is 12.8. The second-order valence-corrected chi connectivity index (χ2v) is 10.2. The Balaban J connectivity index is 2.02. The summed E-state index contributed by atoms with van der Waals surface area (Å²) in [4.78, 5) is 51.2. The van der Waals surface area contributed by atoms with Gasteiger partial charge >= 0.3 is 0 Å². The molecular formula is C22H32N4O4+2. The molecule has 2 heterocycles. The van der Waals surface area contributed by atoms with Crippen LogP contribution < -0.4 is 22.2 Å². The summed E-state index contributed by atoms with van der Waals surface area (Å²) in [6.45, 7) is 2.30. The van der Waals surface area contributed by atoms with Crippen LogP contribution in [0.1, 0.15) is 12.8 Å². The molecule has 8 heteroatoms. The van der Waals surface area contributed by atoms with Crippen molar-refractivity contribution in [2.24, 2.45) is 0 Å². The molecule has 3 aromatic rings. The van der Waals surface area contributed by atoms with E-state index in [9.17, 15) is 19.2 Å². The third kappa shape index (κ3) is 4.29. The highest BCUT2D eigenvalue weighted by Crippen LogP contribution is 2.15. The molecule has 0 bridgehead atoms. The van der Waals surface area contributed by atoms with E-state index in [0.29, 0.717) is 25.9 Å². The standard InChI is InChI=1S/C22H32N4O4/c1-25(2,3)11-7-9-23-19(27)15-13-17-18(14-16(15)20(23)28)22(30)24(21(17)29)10-8-12-26(4,5)6/h13-14H,7-12H2,1-6H3/q+2. The monoisotopic (exact) mass is 416 g/mol. The predicted molar refractivity (Wildman–Crippen MR) is 120 cm³/mol. The predicted octanol–water partition coefficient (Wildman–Crippen LogP) is 0.105. The Labute approximate surface area is 175 Å². The molecular weight excluding hydrogens is 384 g/mol. The van der Waals surface area contributed by atoms with Crippen LogP contribution in [0, 0.1) is 0 Å². The van der Waals surface area contributed by atoms with Crippen LogP contribution in [0.2, 0.25) is 0 Å². The average Bonchev–Trinajstić information content (AvgIpc) is 2.99. The molecule has 0 unspecified atom stereocenters. The fourth-order valence-corrected chi connectivity index (χ4v) is 3.89. The first-order valence-corrected chi connectivity index (χ1v) is 10.3. The van der Waals surface area contributed by atoms with Crippen LogP contribution in [0.15, 0.2) is 31.3 Å². The lowest BCUT2D eigenvalue weighted by Crippen LogP contribution is -2.37. The molecule has 0 radical (unpaired) electrons. The average molecular weight is 417 g/mol. The molecule has 1 aromatic carbocycles. The van der Waals surface area contributed by atoms with Crippen molar-refractivity contribution in [2.75, 3.05) is 55.4 Å². The van der Waals surface area contributed by atoms with E-state index in [4.69, 9.17) is 0 Å². The number of quaternary nitrogens is 2. The molecule has 0 saturated heterocycles. The van der Waals surface area contributed by atoms with Gasteiger partial charge < -0.3 is 8.97 Å². The lowest BCUT2D eigenvalue weighted by Gasteiger charge is -2.23. The topological polar surface area (TPSA) is 78.1 Å². The maximum Gasteiger partial charge on any atom is 0.261 e. The van der Waals surface area contributed by atoms with Gasteiger partial charge in [-0.25, -0.2) is 0 Å². The Morgan fingerprint density at radius 1 is 0.567 bits per heavy atom. The summed E-state index contributed by atoms with van der Waals surface area (Å²) < 4.78 is 3.93. The minimum Gasteiger partial charge on any atom is -0.331 e. The lowest BCUT2D eigenvalue weighted by atomic mass is 10.1. The summed E-state index contributed by atoms with van der Waals surface area (Å²) in [7, 11) is 12.3. The maximum absolute atomic E-state index is 12.8. The molecule has 0 N–H and O–H groups in total. The molecule has 0 atom stereocenters. The van der Waals surface area contributed by atoms with Gasteiger partial charge in [-0.15, -0.1) is 0 Å². The van der Waals surface area contributed by atoms with E-state index in [0.717, 1.165) is 22.1 Å². The number of hydrogen-bond donors (Lipinski definition) is 0. The van der Waals surface area contributed by atoms with Crippen LogP contribution >= 0.6 is 0 Å². The van der Waals surface area contributed by atoms with E-state index in [2.05, 4.69) is 42.3 Å². The van der Waals surface area contributed by atoms with E-state index in [1.807, 2.05) is 0 Å². The Morgan fingerprint density at radius 3 is 1.07 bits per heavy atom. The van der Waals surface area contributed by atoms with Crippen LogP contribution in [0.5, 0.6) is 0 Å². The van der Waals surface area contributed by atoms with Gasteiger partial charge in [-0.3, -0.25) is 28.3 Å². The fourth-order valence-electron chi connectivity index (χ4n) is 3.89. The molecule has 3 rings (SSSR count). The third-order valence-corrected chi connectivity index (χ3v) is 5.48. The number of rotatable bonds is 8. The van der Waals surface area contributed by atoms with Crippen molar-refractivity contribution < 1.29 is 8.97 Å². The summed E-state index contributed by atoms with van der Waals surface area (Å²) in [5.41, 5.74) is -1.54. The van der Waals surface area contributed by atoms with E-state index in [1.54, 1.807) is 0 Å². The van der Waals surface area contributed by atoms with Crippen molar-refractivity contribution >= 4 is 21.5 Å². The van der Waals surface area contributed by atoms with Crippen LogP contribution in [-0.2, 0) is 13.1 Å². The molecule has 0 aliphatic carbocycles. The quantitative estimate of drug-likeness (QED) is 0.488. The zero-order valence-corrected chi connectivity index (χ0v) is 18.8. The van der Waals surface area contributed by atoms with Gasteiger partial charge in [0.15, 0.2) is 0 Å². The zero-order valence-electron chi connectivity index (χ0n) is 18.8. The smallest absolute Gasteiger partial charge is 0.261 e. The number of aromatic nitrogens is 2. The van der Waals surface area contributed by atoms with E-state index in [1.165, 1.54) is 21.3 Å². The molecule has 30 heavy (non-hydrogen) atoms. The fraction of sp³-hybridized carbons (Fsp3) is 0.545. The minimum absolute atomic E-state index is 0.221. The Hall–Kier alpha value is -2.58. The summed E-state index contributed by atoms with van der Waals surface area (Å²) in [5, 5.41) is 0.883. The van der Waals surface area contributed by atoms with Crippen molar-refractivity contribution in [1.29, 1.82) is 0 Å². The van der Waals surface area contributed by atoms with Crippen molar-refractivity contribution in [3.8, 4) is 0 Å². The van der Waals surface area contributed by atoms with Crippen LogP contribution in [0.4, 0.5) is 0 Å². The highest BCUT2D eigenvalue weighted by molar-refractivity contribution is 5.97.